The zero-order chi connectivity index (χ0) is 14.0. The van der Waals surface area contributed by atoms with E-state index in [1.54, 1.807) is 18.7 Å². The van der Waals surface area contributed by atoms with Crippen LogP contribution in [0.15, 0.2) is 0 Å². The summed E-state index contributed by atoms with van der Waals surface area (Å²) in [5, 5.41) is 2.84. The Morgan fingerprint density at radius 2 is 2.16 bits per heavy atom. The van der Waals surface area contributed by atoms with Crippen LogP contribution < -0.4 is 5.32 Å². The number of nitrogens with zero attached hydrogens (tertiary/aromatic N) is 1. The first-order chi connectivity index (χ1) is 8.98. The summed E-state index contributed by atoms with van der Waals surface area (Å²) in [6.07, 6.45) is 3.88. The van der Waals surface area contributed by atoms with Crippen LogP contribution in [0.4, 0.5) is 0 Å². The molecule has 0 aromatic rings. The van der Waals surface area contributed by atoms with E-state index in [2.05, 4.69) is 5.32 Å². The minimum atomic E-state index is -0.766. The predicted molar refractivity (Wildman–Crippen MR) is 71.6 cm³/mol. The highest BCUT2D eigenvalue weighted by atomic mass is 16.5. The van der Waals surface area contributed by atoms with Crippen molar-refractivity contribution in [2.45, 2.75) is 64.1 Å². The van der Waals surface area contributed by atoms with Gasteiger partial charge in [0, 0.05) is 13.2 Å². The summed E-state index contributed by atoms with van der Waals surface area (Å²) >= 11 is 0. The third-order valence-electron chi connectivity index (χ3n) is 4.36. The lowest BCUT2D eigenvalue weighted by molar-refractivity contribution is -0.156. The molecule has 5 nitrogen and oxygen atoms in total. The molecule has 2 amide bonds. The summed E-state index contributed by atoms with van der Waals surface area (Å²) in [4.78, 5) is 26.3. The molecule has 2 fully saturated rings. The van der Waals surface area contributed by atoms with Gasteiger partial charge in [0.05, 0.1) is 6.10 Å². The molecule has 0 radical (unpaired) electrons. The van der Waals surface area contributed by atoms with Crippen LogP contribution in [0.2, 0.25) is 0 Å². The van der Waals surface area contributed by atoms with Crippen LogP contribution in [0.25, 0.3) is 0 Å². The number of piperazine rings is 1. The SMILES string of the molecule is CCC1(C)NC(=O)C(C)N(CC2CCCCO2)C1=O. The topological polar surface area (TPSA) is 58.6 Å². The third-order valence-corrected chi connectivity index (χ3v) is 4.36. The minimum Gasteiger partial charge on any atom is -0.376 e. The molecule has 19 heavy (non-hydrogen) atoms. The van der Waals surface area contributed by atoms with Crippen LogP contribution in [0.1, 0.15) is 46.5 Å². The van der Waals surface area contributed by atoms with E-state index >= 15 is 0 Å². The molecule has 2 rings (SSSR count). The van der Waals surface area contributed by atoms with E-state index in [4.69, 9.17) is 4.74 Å². The van der Waals surface area contributed by atoms with Crippen molar-refractivity contribution in [3.8, 4) is 0 Å². The van der Waals surface area contributed by atoms with Gasteiger partial charge in [-0.1, -0.05) is 6.92 Å². The van der Waals surface area contributed by atoms with Crippen LogP contribution in [-0.2, 0) is 14.3 Å². The molecule has 2 aliphatic heterocycles. The summed E-state index contributed by atoms with van der Waals surface area (Å²) < 4.78 is 5.69. The second-order valence-corrected chi connectivity index (χ2v) is 5.80. The number of hydrogen-bond acceptors (Lipinski definition) is 3. The van der Waals surface area contributed by atoms with E-state index in [1.165, 1.54) is 0 Å². The largest absolute Gasteiger partial charge is 0.376 e. The predicted octanol–water partition coefficient (Wildman–Crippen LogP) is 1.07. The normalized spacial score (nSPS) is 36.3. The Bertz CT molecular complexity index is 366. The molecule has 0 spiro atoms. The zero-order valence-electron chi connectivity index (χ0n) is 12.1. The molecule has 2 aliphatic rings. The summed E-state index contributed by atoms with van der Waals surface area (Å²) in [5.74, 6) is -0.0592. The number of amides is 2. The van der Waals surface area contributed by atoms with Gasteiger partial charge in [0.15, 0.2) is 0 Å². The van der Waals surface area contributed by atoms with Crippen molar-refractivity contribution < 1.29 is 14.3 Å². The van der Waals surface area contributed by atoms with Gasteiger partial charge in [0.25, 0.3) is 0 Å². The Labute approximate surface area is 114 Å². The first kappa shape index (κ1) is 14.3. The van der Waals surface area contributed by atoms with Gasteiger partial charge < -0.3 is 15.0 Å². The number of carbonyl (C=O) groups is 2. The fourth-order valence-corrected chi connectivity index (χ4v) is 2.72. The monoisotopic (exact) mass is 268 g/mol. The number of rotatable bonds is 3. The third kappa shape index (κ3) is 2.76. The molecule has 3 atom stereocenters. The molecule has 0 bridgehead atoms. The van der Waals surface area contributed by atoms with Crippen molar-refractivity contribution in [2.75, 3.05) is 13.2 Å². The van der Waals surface area contributed by atoms with Gasteiger partial charge in [-0.15, -0.1) is 0 Å². The summed E-state index contributed by atoms with van der Waals surface area (Å²) in [7, 11) is 0. The minimum absolute atomic E-state index is 0.0104. The first-order valence-electron chi connectivity index (χ1n) is 7.22. The quantitative estimate of drug-likeness (QED) is 0.833. The Balaban J connectivity index is 2.11. The fourth-order valence-electron chi connectivity index (χ4n) is 2.72. The molecule has 0 aromatic heterocycles. The van der Waals surface area contributed by atoms with Gasteiger partial charge in [-0.3, -0.25) is 9.59 Å². The van der Waals surface area contributed by atoms with E-state index < -0.39 is 11.6 Å². The molecule has 108 valence electrons. The molecule has 0 saturated carbocycles. The van der Waals surface area contributed by atoms with Gasteiger partial charge in [-0.2, -0.15) is 0 Å². The number of nitrogens with one attached hydrogen (secondary N) is 1. The standard InChI is InChI=1S/C14H24N2O3/c1-4-14(3)13(18)16(10(2)12(17)15-14)9-11-7-5-6-8-19-11/h10-11H,4-9H2,1-3H3,(H,15,17). The number of ether oxygens (including phenoxy) is 1. The van der Waals surface area contributed by atoms with Gasteiger partial charge >= 0.3 is 0 Å². The molecule has 3 unspecified atom stereocenters. The molecule has 5 heteroatoms. The maximum atomic E-state index is 12.6. The summed E-state index contributed by atoms with van der Waals surface area (Å²) in [6, 6.07) is -0.405. The molecule has 2 saturated heterocycles. The average molecular weight is 268 g/mol. The molecule has 0 aliphatic carbocycles. The maximum Gasteiger partial charge on any atom is 0.248 e. The van der Waals surface area contributed by atoms with Crippen molar-refractivity contribution in [3.05, 3.63) is 0 Å². The Morgan fingerprint density at radius 1 is 1.42 bits per heavy atom. The average Bonchev–Trinajstić information content (AvgIpc) is 2.42. The molecular formula is C14H24N2O3. The van der Waals surface area contributed by atoms with Crippen LogP contribution in [0, 0.1) is 0 Å². The first-order valence-corrected chi connectivity index (χ1v) is 7.22. The smallest absolute Gasteiger partial charge is 0.248 e. The van der Waals surface area contributed by atoms with Crippen LogP contribution >= 0.6 is 0 Å². The van der Waals surface area contributed by atoms with E-state index in [0.29, 0.717) is 13.0 Å². The van der Waals surface area contributed by atoms with Gasteiger partial charge in [-0.05, 0) is 39.5 Å². The van der Waals surface area contributed by atoms with Crippen molar-refractivity contribution in [2.24, 2.45) is 0 Å². The highest BCUT2D eigenvalue weighted by Crippen LogP contribution is 2.23. The highest BCUT2D eigenvalue weighted by molar-refractivity contribution is 5.99. The van der Waals surface area contributed by atoms with Crippen molar-refractivity contribution >= 4 is 11.8 Å². The number of carbonyl (C=O) groups excluding carboxylic acids is 2. The highest BCUT2D eigenvalue weighted by Gasteiger charge is 2.45. The summed E-state index contributed by atoms with van der Waals surface area (Å²) in [5.41, 5.74) is -0.766. The van der Waals surface area contributed by atoms with Crippen molar-refractivity contribution in [1.29, 1.82) is 0 Å². The zero-order valence-corrected chi connectivity index (χ0v) is 12.1. The van der Waals surface area contributed by atoms with E-state index in [9.17, 15) is 9.59 Å². The Morgan fingerprint density at radius 3 is 2.74 bits per heavy atom. The summed E-state index contributed by atoms with van der Waals surface area (Å²) in [6.45, 7) is 6.80. The van der Waals surface area contributed by atoms with Crippen molar-refractivity contribution in [3.63, 3.8) is 0 Å². The molecule has 1 N–H and O–H groups in total. The number of hydrogen-bond donors (Lipinski definition) is 1. The van der Waals surface area contributed by atoms with Gasteiger partial charge in [0.2, 0.25) is 11.8 Å². The second kappa shape index (κ2) is 5.49. The molecule has 2 heterocycles. The van der Waals surface area contributed by atoms with E-state index in [-0.39, 0.29) is 17.9 Å². The van der Waals surface area contributed by atoms with Crippen LogP contribution in [-0.4, -0.2) is 47.6 Å². The molecular weight excluding hydrogens is 244 g/mol. The second-order valence-electron chi connectivity index (χ2n) is 5.80. The molecule has 0 aromatic carbocycles. The Hall–Kier alpha value is -1.10. The van der Waals surface area contributed by atoms with E-state index in [0.717, 1.165) is 25.9 Å². The maximum absolute atomic E-state index is 12.6. The Kier molecular flexibility index (Phi) is 4.13. The fraction of sp³-hybridized carbons (Fsp3) is 0.857. The van der Waals surface area contributed by atoms with Crippen LogP contribution in [0.5, 0.6) is 0 Å². The van der Waals surface area contributed by atoms with Gasteiger partial charge in [-0.25, -0.2) is 0 Å². The van der Waals surface area contributed by atoms with Crippen LogP contribution in [0.3, 0.4) is 0 Å². The lowest BCUT2D eigenvalue weighted by atomic mass is 9.91. The van der Waals surface area contributed by atoms with Crippen molar-refractivity contribution in [1.82, 2.24) is 10.2 Å². The lowest BCUT2D eigenvalue weighted by Crippen LogP contribution is -2.69. The van der Waals surface area contributed by atoms with Gasteiger partial charge in [0.1, 0.15) is 11.6 Å². The lowest BCUT2D eigenvalue weighted by Gasteiger charge is -2.44. The van der Waals surface area contributed by atoms with E-state index in [1.807, 2.05) is 6.92 Å².